The Bertz CT molecular complexity index is 145. The molecule has 0 aliphatic carbocycles. The van der Waals surface area contributed by atoms with Crippen molar-refractivity contribution in [2.45, 2.75) is 26.7 Å². The molecule has 1 atom stereocenters. The predicted octanol–water partition coefficient (Wildman–Crippen LogP) is 3.19. The Morgan fingerprint density at radius 1 is 1.55 bits per heavy atom. The summed E-state index contributed by atoms with van der Waals surface area (Å²) in [5, 5.41) is 0. The van der Waals surface area contributed by atoms with Crippen LogP contribution in [0, 0.1) is 5.92 Å². The molecule has 0 saturated heterocycles. The molecule has 0 aromatic rings. The Morgan fingerprint density at radius 2 is 2.27 bits per heavy atom. The fourth-order valence-electron chi connectivity index (χ4n) is 0.833. The number of hydrogen-bond donors (Lipinski definition) is 0. The van der Waals surface area contributed by atoms with Gasteiger partial charge in [0.1, 0.15) is 0 Å². The molecule has 0 fully saturated rings. The van der Waals surface area contributed by atoms with Crippen LogP contribution in [0.25, 0.3) is 0 Å². The van der Waals surface area contributed by atoms with E-state index in [1.807, 2.05) is 25.3 Å². The average Bonchev–Trinajstić information content (AvgIpc) is 2.03. The van der Waals surface area contributed by atoms with Crippen molar-refractivity contribution in [2.24, 2.45) is 10.9 Å². The largest absolute Gasteiger partial charge is 0.269 e. The maximum absolute atomic E-state index is 4.10. The van der Waals surface area contributed by atoms with Gasteiger partial charge in [0, 0.05) is 18.3 Å². The van der Waals surface area contributed by atoms with E-state index in [0.717, 1.165) is 6.42 Å². The van der Waals surface area contributed by atoms with Gasteiger partial charge in [0.2, 0.25) is 0 Å². The highest BCUT2D eigenvalue weighted by Gasteiger charge is 1.95. The smallest absolute Gasteiger partial charge is 0.0221 e. The van der Waals surface area contributed by atoms with Crippen LogP contribution in [-0.4, -0.2) is 6.21 Å². The molecule has 0 heterocycles. The molecule has 11 heavy (non-hydrogen) atoms. The molecule has 0 spiro atoms. The first kappa shape index (κ1) is 10.2. The summed E-state index contributed by atoms with van der Waals surface area (Å²) in [6.07, 6.45) is 9.92. The minimum Gasteiger partial charge on any atom is -0.269 e. The highest BCUT2D eigenvalue weighted by molar-refractivity contribution is 5.63. The minimum atomic E-state index is 0.441. The summed E-state index contributed by atoms with van der Waals surface area (Å²) in [5.41, 5.74) is 0. The van der Waals surface area contributed by atoms with Crippen molar-refractivity contribution in [3.05, 3.63) is 24.9 Å². The second-order valence-corrected chi connectivity index (χ2v) is 2.47. The van der Waals surface area contributed by atoms with Crippen molar-refractivity contribution in [1.82, 2.24) is 0 Å². The zero-order chi connectivity index (χ0) is 8.53. The van der Waals surface area contributed by atoms with Gasteiger partial charge in [-0.1, -0.05) is 25.5 Å². The van der Waals surface area contributed by atoms with Gasteiger partial charge in [-0.05, 0) is 13.3 Å². The van der Waals surface area contributed by atoms with E-state index in [9.17, 15) is 0 Å². The lowest BCUT2D eigenvalue weighted by molar-refractivity contribution is 0.732. The first-order valence-corrected chi connectivity index (χ1v) is 4.12. The molecule has 0 rings (SSSR count). The number of rotatable bonds is 5. The number of nitrogens with zero attached hydrogens (tertiary/aromatic N) is 1. The van der Waals surface area contributed by atoms with Gasteiger partial charge < -0.3 is 0 Å². The number of hydrogen-bond acceptors (Lipinski definition) is 1. The summed E-state index contributed by atoms with van der Waals surface area (Å²) in [6.45, 7) is 7.87. The molecule has 0 N–H and O–H groups in total. The van der Waals surface area contributed by atoms with E-state index in [0.29, 0.717) is 5.92 Å². The van der Waals surface area contributed by atoms with Crippen LogP contribution >= 0.6 is 0 Å². The van der Waals surface area contributed by atoms with Crippen molar-refractivity contribution in [2.75, 3.05) is 0 Å². The van der Waals surface area contributed by atoms with Gasteiger partial charge in [0.15, 0.2) is 0 Å². The lowest BCUT2D eigenvalue weighted by atomic mass is 10.1. The topological polar surface area (TPSA) is 12.4 Å². The van der Waals surface area contributed by atoms with Crippen LogP contribution in [0.5, 0.6) is 0 Å². The summed E-state index contributed by atoms with van der Waals surface area (Å²) in [4.78, 5) is 4.10. The Morgan fingerprint density at radius 3 is 2.73 bits per heavy atom. The highest BCUT2D eigenvalue weighted by atomic mass is 14.7. The SMILES string of the molecule is C=CC(/C=N/C=C\C)CCC. The van der Waals surface area contributed by atoms with Crippen LogP contribution < -0.4 is 0 Å². The Kier molecular flexibility index (Phi) is 6.70. The third kappa shape index (κ3) is 5.59. The van der Waals surface area contributed by atoms with Crippen LogP contribution in [0.4, 0.5) is 0 Å². The van der Waals surface area contributed by atoms with Crippen molar-refractivity contribution in [3.8, 4) is 0 Å². The van der Waals surface area contributed by atoms with Crippen LogP contribution in [0.1, 0.15) is 26.7 Å². The lowest BCUT2D eigenvalue weighted by Gasteiger charge is -2.01. The van der Waals surface area contributed by atoms with Crippen molar-refractivity contribution in [3.63, 3.8) is 0 Å². The third-order valence-corrected chi connectivity index (χ3v) is 1.44. The predicted molar refractivity (Wildman–Crippen MR) is 51.9 cm³/mol. The van der Waals surface area contributed by atoms with Gasteiger partial charge >= 0.3 is 0 Å². The molecule has 0 radical (unpaired) electrons. The quantitative estimate of drug-likeness (QED) is 0.422. The zero-order valence-corrected chi connectivity index (χ0v) is 7.46. The Hall–Kier alpha value is -0.850. The lowest BCUT2D eigenvalue weighted by Crippen LogP contribution is -1.95. The zero-order valence-electron chi connectivity index (χ0n) is 7.46. The third-order valence-electron chi connectivity index (χ3n) is 1.44. The molecule has 62 valence electrons. The summed E-state index contributed by atoms with van der Waals surface area (Å²) >= 11 is 0. The van der Waals surface area contributed by atoms with E-state index in [1.54, 1.807) is 6.20 Å². The first-order valence-electron chi connectivity index (χ1n) is 4.12. The van der Waals surface area contributed by atoms with E-state index in [-0.39, 0.29) is 0 Å². The maximum Gasteiger partial charge on any atom is 0.0221 e. The Labute approximate surface area is 69.5 Å². The number of aliphatic imine (C=N–C) groups is 1. The van der Waals surface area contributed by atoms with E-state index >= 15 is 0 Å². The van der Waals surface area contributed by atoms with E-state index < -0.39 is 0 Å². The number of allylic oxidation sites excluding steroid dienone is 2. The van der Waals surface area contributed by atoms with Gasteiger partial charge in [0.05, 0.1) is 0 Å². The van der Waals surface area contributed by atoms with Gasteiger partial charge in [-0.3, -0.25) is 4.99 Å². The molecule has 0 saturated carbocycles. The first-order chi connectivity index (χ1) is 5.35. The van der Waals surface area contributed by atoms with Crippen molar-refractivity contribution in [1.29, 1.82) is 0 Å². The highest BCUT2D eigenvalue weighted by Crippen LogP contribution is 2.03. The fourth-order valence-corrected chi connectivity index (χ4v) is 0.833. The van der Waals surface area contributed by atoms with Gasteiger partial charge in [-0.25, -0.2) is 0 Å². The molecule has 0 aromatic heterocycles. The minimum absolute atomic E-state index is 0.441. The molecule has 0 aromatic carbocycles. The molecule has 1 heteroatoms. The molecule has 0 aliphatic rings. The van der Waals surface area contributed by atoms with Crippen LogP contribution in [0.15, 0.2) is 29.9 Å². The molecular formula is C10H17N. The van der Waals surface area contributed by atoms with Crippen molar-refractivity contribution < 1.29 is 0 Å². The van der Waals surface area contributed by atoms with Crippen LogP contribution in [-0.2, 0) is 0 Å². The molecule has 0 bridgehead atoms. The van der Waals surface area contributed by atoms with Crippen molar-refractivity contribution >= 4 is 6.21 Å². The average molecular weight is 151 g/mol. The molecule has 1 unspecified atom stereocenters. The summed E-state index contributed by atoms with van der Waals surface area (Å²) in [5.74, 6) is 0.441. The fraction of sp³-hybridized carbons (Fsp3) is 0.500. The normalized spacial score (nSPS) is 14.4. The molecule has 0 amide bonds. The van der Waals surface area contributed by atoms with E-state index in [2.05, 4.69) is 18.5 Å². The Balaban J connectivity index is 3.75. The van der Waals surface area contributed by atoms with E-state index in [4.69, 9.17) is 0 Å². The standard InChI is InChI=1S/C10H17N/c1-4-7-10(6-3)9-11-8-5-2/h5-6,8-10H,3-4,7H2,1-2H3/b8-5-,11-9+. The summed E-state index contributed by atoms with van der Waals surface area (Å²) in [6, 6.07) is 0. The van der Waals surface area contributed by atoms with Crippen LogP contribution in [0.2, 0.25) is 0 Å². The molecule has 1 nitrogen and oxygen atoms in total. The van der Waals surface area contributed by atoms with Gasteiger partial charge in [-0.15, -0.1) is 6.58 Å². The van der Waals surface area contributed by atoms with Crippen LogP contribution in [0.3, 0.4) is 0 Å². The van der Waals surface area contributed by atoms with E-state index in [1.165, 1.54) is 6.42 Å². The second kappa shape index (κ2) is 7.26. The second-order valence-electron chi connectivity index (χ2n) is 2.47. The van der Waals surface area contributed by atoms with Gasteiger partial charge in [-0.2, -0.15) is 0 Å². The summed E-state index contributed by atoms with van der Waals surface area (Å²) in [7, 11) is 0. The maximum atomic E-state index is 4.10. The summed E-state index contributed by atoms with van der Waals surface area (Å²) < 4.78 is 0. The molecule has 0 aliphatic heterocycles. The molecular weight excluding hydrogens is 134 g/mol. The van der Waals surface area contributed by atoms with Gasteiger partial charge in [0.25, 0.3) is 0 Å². The monoisotopic (exact) mass is 151 g/mol.